The molecule has 0 radical (unpaired) electrons. The molecule has 1 aromatic rings. The van der Waals surface area contributed by atoms with Crippen molar-refractivity contribution in [3.8, 4) is 0 Å². The summed E-state index contributed by atoms with van der Waals surface area (Å²) in [6.45, 7) is 2.06. The van der Waals surface area contributed by atoms with Gasteiger partial charge in [-0.15, -0.1) is 0 Å². The van der Waals surface area contributed by atoms with Crippen molar-refractivity contribution in [3.63, 3.8) is 0 Å². The molecule has 2 rings (SSSR count). The molecule has 0 saturated heterocycles. The van der Waals surface area contributed by atoms with E-state index in [-0.39, 0.29) is 22.5 Å². The Kier molecular flexibility index (Phi) is 5.15. The largest absolute Gasteiger partial charge is 0.330 e. The number of aryl methyl sites for hydroxylation is 1. The number of non-ortho nitro benzene ring substituents is 1. The zero-order chi connectivity index (χ0) is 16.3. The predicted molar refractivity (Wildman–Crippen MR) is 83.0 cm³/mol. The smallest absolute Gasteiger partial charge is 0.270 e. The van der Waals surface area contributed by atoms with Crippen molar-refractivity contribution in [2.45, 2.75) is 43.5 Å². The molecule has 122 valence electrons. The van der Waals surface area contributed by atoms with Crippen molar-refractivity contribution in [2.24, 2.45) is 11.7 Å². The lowest BCUT2D eigenvalue weighted by Gasteiger charge is -2.31. The molecule has 1 aliphatic carbocycles. The number of hydrogen-bond acceptors (Lipinski definition) is 5. The van der Waals surface area contributed by atoms with Crippen molar-refractivity contribution in [1.29, 1.82) is 0 Å². The first-order valence-corrected chi connectivity index (χ1v) is 8.81. The monoisotopic (exact) mass is 327 g/mol. The molecular formula is C14H21N3O4S. The van der Waals surface area contributed by atoms with Gasteiger partial charge in [-0.25, -0.2) is 13.1 Å². The van der Waals surface area contributed by atoms with Crippen molar-refractivity contribution in [3.05, 3.63) is 33.9 Å². The van der Waals surface area contributed by atoms with Crippen LogP contribution >= 0.6 is 0 Å². The second-order valence-corrected chi connectivity index (χ2v) is 7.40. The third-order valence-electron chi connectivity index (χ3n) is 4.19. The molecule has 0 aliphatic heterocycles. The maximum absolute atomic E-state index is 12.6. The van der Waals surface area contributed by atoms with Crippen LogP contribution in [0.5, 0.6) is 0 Å². The van der Waals surface area contributed by atoms with E-state index in [1.807, 2.05) is 0 Å². The average Bonchev–Trinajstić information content (AvgIpc) is 2.47. The molecule has 7 nitrogen and oxygen atoms in total. The van der Waals surface area contributed by atoms with Gasteiger partial charge in [0.25, 0.3) is 5.69 Å². The van der Waals surface area contributed by atoms with Crippen LogP contribution in [0, 0.1) is 23.0 Å². The normalized spacial score (nSPS) is 22.5. The van der Waals surface area contributed by atoms with Gasteiger partial charge in [0.1, 0.15) is 0 Å². The molecule has 1 saturated carbocycles. The molecule has 1 aromatic carbocycles. The van der Waals surface area contributed by atoms with E-state index in [2.05, 4.69) is 4.72 Å². The van der Waals surface area contributed by atoms with Gasteiger partial charge in [-0.1, -0.05) is 18.9 Å². The standard InChI is InChI=1S/C14H21N3O4S/c1-10-6-7-12(17(18)19)8-14(10)22(20,21)16-13-5-3-2-4-11(13)9-15/h6-8,11,13,16H,2-5,9,15H2,1H3. The minimum Gasteiger partial charge on any atom is -0.330 e. The Morgan fingerprint density at radius 3 is 2.68 bits per heavy atom. The van der Waals surface area contributed by atoms with E-state index in [1.165, 1.54) is 12.1 Å². The topological polar surface area (TPSA) is 115 Å². The number of nitro benzene ring substituents is 1. The molecule has 0 heterocycles. The average molecular weight is 327 g/mol. The van der Waals surface area contributed by atoms with Gasteiger partial charge in [0, 0.05) is 18.2 Å². The summed E-state index contributed by atoms with van der Waals surface area (Å²) in [4.78, 5) is 10.2. The summed E-state index contributed by atoms with van der Waals surface area (Å²) >= 11 is 0. The maximum Gasteiger partial charge on any atom is 0.270 e. The van der Waals surface area contributed by atoms with Gasteiger partial charge in [-0.3, -0.25) is 10.1 Å². The zero-order valence-corrected chi connectivity index (χ0v) is 13.3. The highest BCUT2D eigenvalue weighted by molar-refractivity contribution is 7.89. The van der Waals surface area contributed by atoms with Gasteiger partial charge in [0.05, 0.1) is 9.82 Å². The van der Waals surface area contributed by atoms with Gasteiger partial charge in [0.2, 0.25) is 10.0 Å². The van der Waals surface area contributed by atoms with E-state index in [1.54, 1.807) is 6.92 Å². The molecule has 0 spiro atoms. The molecule has 2 atom stereocenters. The second-order valence-electron chi connectivity index (χ2n) is 5.71. The zero-order valence-electron chi connectivity index (χ0n) is 12.5. The van der Waals surface area contributed by atoms with Crippen LogP contribution in [-0.4, -0.2) is 25.9 Å². The first-order chi connectivity index (χ1) is 10.3. The lowest BCUT2D eigenvalue weighted by Crippen LogP contribution is -2.44. The van der Waals surface area contributed by atoms with Crippen molar-refractivity contribution in [1.82, 2.24) is 4.72 Å². The maximum atomic E-state index is 12.6. The Hall–Kier alpha value is -1.51. The molecule has 0 bridgehead atoms. The van der Waals surface area contributed by atoms with Gasteiger partial charge < -0.3 is 5.73 Å². The number of nitrogens with zero attached hydrogens (tertiary/aromatic N) is 1. The lowest BCUT2D eigenvalue weighted by molar-refractivity contribution is -0.385. The van der Waals surface area contributed by atoms with Crippen molar-refractivity contribution in [2.75, 3.05) is 6.54 Å². The van der Waals surface area contributed by atoms with Crippen LogP contribution in [0.25, 0.3) is 0 Å². The van der Waals surface area contributed by atoms with Crippen molar-refractivity contribution >= 4 is 15.7 Å². The van der Waals surface area contributed by atoms with Crippen LogP contribution in [0.3, 0.4) is 0 Å². The third kappa shape index (κ3) is 3.63. The lowest BCUT2D eigenvalue weighted by atomic mass is 9.85. The minimum atomic E-state index is -3.80. The fourth-order valence-electron chi connectivity index (χ4n) is 2.90. The van der Waals surface area contributed by atoms with Crippen LogP contribution in [-0.2, 0) is 10.0 Å². The molecular weight excluding hydrogens is 306 g/mol. The number of nitrogens with two attached hydrogens (primary N) is 1. The molecule has 1 fully saturated rings. The highest BCUT2D eigenvalue weighted by Gasteiger charge is 2.30. The van der Waals surface area contributed by atoms with Gasteiger partial charge >= 0.3 is 0 Å². The van der Waals surface area contributed by atoms with E-state index >= 15 is 0 Å². The first-order valence-electron chi connectivity index (χ1n) is 7.32. The fraction of sp³-hybridized carbons (Fsp3) is 0.571. The Labute approximate surface area is 130 Å². The predicted octanol–water partition coefficient (Wildman–Crippen LogP) is 1.70. The van der Waals surface area contributed by atoms with Crippen LogP contribution in [0.2, 0.25) is 0 Å². The summed E-state index contributed by atoms with van der Waals surface area (Å²) in [5, 5.41) is 10.9. The van der Waals surface area contributed by atoms with Crippen LogP contribution in [0.1, 0.15) is 31.2 Å². The second kappa shape index (κ2) is 6.72. The van der Waals surface area contributed by atoms with E-state index in [4.69, 9.17) is 5.73 Å². The molecule has 0 aromatic heterocycles. The molecule has 2 unspecified atom stereocenters. The van der Waals surface area contributed by atoms with Crippen LogP contribution in [0.15, 0.2) is 23.1 Å². The summed E-state index contributed by atoms with van der Waals surface area (Å²) in [5.74, 6) is 0.113. The van der Waals surface area contributed by atoms with Gasteiger partial charge in [0.15, 0.2) is 0 Å². The number of nitrogens with one attached hydrogen (secondary N) is 1. The molecule has 1 aliphatic rings. The van der Waals surface area contributed by atoms with Gasteiger partial charge in [-0.05, 0) is 37.8 Å². The van der Waals surface area contributed by atoms with Gasteiger partial charge in [-0.2, -0.15) is 0 Å². The number of nitro groups is 1. The quantitative estimate of drug-likeness (QED) is 0.631. The third-order valence-corrected chi connectivity index (χ3v) is 5.82. The summed E-state index contributed by atoms with van der Waals surface area (Å²) in [7, 11) is -3.80. The molecule has 3 N–H and O–H groups in total. The Morgan fingerprint density at radius 1 is 1.36 bits per heavy atom. The Morgan fingerprint density at radius 2 is 2.05 bits per heavy atom. The van der Waals surface area contributed by atoms with Crippen molar-refractivity contribution < 1.29 is 13.3 Å². The number of rotatable bonds is 5. The Bertz CT molecular complexity index is 660. The Balaban J connectivity index is 2.30. The molecule has 0 amide bonds. The summed E-state index contributed by atoms with van der Waals surface area (Å²) in [6, 6.07) is 3.66. The minimum absolute atomic E-state index is 0.0388. The summed E-state index contributed by atoms with van der Waals surface area (Å²) in [6.07, 6.45) is 3.65. The fourth-order valence-corrected chi connectivity index (χ4v) is 4.50. The summed E-state index contributed by atoms with van der Waals surface area (Å²) in [5.41, 5.74) is 5.97. The molecule has 8 heteroatoms. The highest BCUT2D eigenvalue weighted by Crippen LogP contribution is 2.27. The number of sulfonamides is 1. The van der Waals surface area contributed by atoms with Crippen LogP contribution in [0.4, 0.5) is 5.69 Å². The number of hydrogen-bond donors (Lipinski definition) is 2. The number of benzene rings is 1. The van der Waals surface area contributed by atoms with E-state index < -0.39 is 14.9 Å². The highest BCUT2D eigenvalue weighted by atomic mass is 32.2. The van der Waals surface area contributed by atoms with E-state index in [0.29, 0.717) is 12.1 Å². The first kappa shape index (κ1) is 16.9. The summed E-state index contributed by atoms with van der Waals surface area (Å²) < 4.78 is 27.9. The van der Waals surface area contributed by atoms with E-state index in [0.717, 1.165) is 31.7 Å². The van der Waals surface area contributed by atoms with E-state index in [9.17, 15) is 18.5 Å². The molecule has 22 heavy (non-hydrogen) atoms. The van der Waals surface area contributed by atoms with Crippen LogP contribution < -0.4 is 10.5 Å². The SMILES string of the molecule is Cc1ccc([N+](=O)[O-])cc1S(=O)(=O)NC1CCCCC1CN.